The summed E-state index contributed by atoms with van der Waals surface area (Å²) in [5.74, 6) is 1.68. The molecule has 6 aromatic rings. The van der Waals surface area contributed by atoms with Crippen LogP contribution in [0.1, 0.15) is 128 Å². The number of rotatable bonds is 31. The van der Waals surface area contributed by atoms with Crippen LogP contribution in [0.5, 0.6) is 23.0 Å². The van der Waals surface area contributed by atoms with Crippen LogP contribution in [0.4, 0.5) is 0 Å². The van der Waals surface area contributed by atoms with E-state index >= 15 is 0 Å². The molecule has 0 saturated carbocycles. The van der Waals surface area contributed by atoms with Crippen molar-refractivity contribution in [3.8, 4) is 39.9 Å². The lowest BCUT2D eigenvalue weighted by atomic mass is 9.88. The van der Waals surface area contributed by atoms with Gasteiger partial charge in [-0.2, -0.15) is 5.10 Å². The molecule has 0 aliphatic carbocycles. The number of hydrogen-bond acceptors (Lipinski definition) is 10. The van der Waals surface area contributed by atoms with E-state index in [2.05, 4.69) is 27.5 Å². The summed E-state index contributed by atoms with van der Waals surface area (Å²) >= 11 is 19.0. The molecule has 1 aliphatic heterocycles. The van der Waals surface area contributed by atoms with Crippen LogP contribution in [0.2, 0.25) is 15.1 Å². The van der Waals surface area contributed by atoms with Gasteiger partial charge in [0.05, 0.1) is 44.3 Å². The summed E-state index contributed by atoms with van der Waals surface area (Å²) in [6.45, 7) is 6.01. The van der Waals surface area contributed by atoms with Gasteiger partial charge < -0.3 is 34.5 Å². The molecular formula is C63H77Cl3N6O7. The van der Waals surface area contributed by atoms with Crippen molar-refractivity contribution in [1.29, 1.82) is 0 Å². The third-order valence-electron chi connectivity index (χ3n) is 14.7. The van der Waals surface area contributed by atoms with Crippen LogP contribution in [-0.4, -0.2) is 98.5 Å². The van der Waals surface area contributed by atoms with Crippen molar-refractivity contribution in [3.63, 3.8) is 0 Å². The van der Waals surface area contributed by atoms with Crippen LogP contribution >= 0.6 is 34.8 Å². The lowest BCUT2D eigenvalue weighted by Gasteiger charge is -2.37. The molecule has 1 unspecified atom stereocenters. The maximum Gasteiger partial charge on any atom is 0.311 e. The Hall–Kier alpha value is -6.09. The van der Waals surface area contributed by atoms with Gasteiger partial charge in [0.25, 0.3) is 5.91 Å². The Morgan fingerprint density at radius 3 is 1.99 bits per heavy atom. The van der Waals surface area contributed by atoms with E-state index in [0.29, 0.717) is 81.9 Å². The van der Waals surface area contributed by atoms with Gasteiger partial charge >= 0.3 is 5.97 Å². The molecule has 5 aromatic carbocycles. The summed E-state index contributed by atoms with van der Waals surface area (Å²) in [7, 11) is 7.05. The quantitative estimate of drug-likeness (QED) is 0.0246. The number of carbonyl (C=O) groups excluding carboxylic acids is 3. The first-order chi connectivity index (χ1) is 38.3. The number of unbranched alkanes of at least 4 members (excludes halogenated alkanes) is 10. The first kappa shape index (κ1) is 60.5. The summed E-state index contributed by atoms with van der Waals surface area (Å²) in [6, 6.07) is 32.2. The van der Waals surface area contributed by atoms with Gasteiger partial charge in [0.1, 0.15) is 0 Å². The van der Waals surface area contributed by atoms with Crippen molar-refractivity contribution in [2.45, 2.75) is 116 Å². The van der Waals surface area contributed by atoms with Crippen molar-refractivity contribution < 1.29 is 33.3 Å². The number of methoxy groups -OCH3 is 3. The van der Waals surface area contributed by atoms with Crippen LogP contribution in [0.3, 0.4) is 0 Å². The third-order valence-corrected chi connectivity index (χ3v) is 15.5. The number of esters is 1. The van der Waals surface area contributed by atoms with E-state index in [1.165, 1.54) is 32.1 Å². The fourth-order valence-corrected chi connectivity index (χ4v) is 10.9. The van der Waals surface area contributed by atoms with E-state index < -0.39 is 0 Å². The van der Waals surface area contributed by atoms with Crippen molar-refractivity contribution in [2.75, 3.05) is 61.1 Å². The zero-order chi connectivity index (χ0) is 56.1. The van der Waals surface area contributed by atoms with Gasteiger partial charge in [-0.1, -0.05) is 135 Å². The fraction of sp³-hybridized carbons (Fsp3) is 0.429. The second-order valence-electron chi connectivity index (χ2n) is 20.5. The molecule has 79 heavy (non-hydrogen) atoms. The largest absolute Gasteiger partial charge is 0.493 e. The average Bonchev–Trinajstić information content (AvgIpc) is 4.10. The number of nitrogens with one attached hydrogen (secondary N) is 2. The normalized spacial score (nSPS) is 13.3. The number of fused-ring (bicyclic) bond motifs is 1. The number of benzene rings is 5. The van der Waals surface area contributed by atoms with Crippen LogP contribution in [0.15, 0.2) is 103 Å². The van der Waals surface area contributed by atoms with Crippen molar-refractivity contribution in [3.05, 3.63) is 152 Å². The molecular weight excluding hydrogens is 1060 g/mol. The van der Waals surface area contributed by atoms with Crippen molar-refractivity contribution >= 4 is 52.6 Å². The van der Waals surface area contributed by atoms with E-state index in [-0.39, 0.29) is 30.4 Å². The molecule has 2 heterocycles. The number of aromatic nitrogens is 2. The zero-order valence-corrected chi connectivity index (χ0v) is 48.8. The number of ether oxygens (including phenoxy) is 4. The monoisotopic (exact) mass is 1130 g/mol. The SMILES string of the molecule is COc1cc2c(cc1OC)C(Cc1ccc(OC(=O)CCCCCCN(C)CCCCCCCCCCNC(=O)c3nn(-c4ccc(Cl)cc4Cl)c(-c4ccc(Cl)cc4)c3C)c(OC)c1)N(CC(=O)NCc1ccccc1)CC2. The van der Waals surface area contributed by atoms with Gasteiger partial charge in [0, 0.05) is 53.3 Å². The maximum absolute atomic E-state index is 13.4. The summed E-state index contributed by atoms with van der Waals surface area (Å²) < 4.78 is 24.7. The lowest BCUT2D eigenvalue weighted by molar-refractivity contribution is -0.134. The minimum atomic E-state index is -0.273. The molecule has 0 saturated heterocycles. The Bertz CT molecular complexity index is 2940. The molecule has 13 nitrogen and oxygen atoms in total. The molecule has 0 fully saturated rings. The highest BCUT2D eigenvalue weighted by molar-refractivity contribution is 6.35. The molecule has 7 rings (SSSR count). The van der Waals surface area contributed by atoms with Gasteiger partial charge in [-0.15, -0.1) is 0 Å². The topological polar surface area (TPSA) is 136 Å². The van der Waals surface area contributed by atoms with Gasteiger partial charge in [0.15, 0.2) is 28.7 Å². The second kappa shape index (κ2) is 31.1. The Labute approximate surface area is 482 Å². The first-order valence-electron chi connectivity index (χ1n) is 27.8. The molecule has 0 bridgehead atoms. The summed E-state index contributed by atoms with van der Waals surface area (Å²) in [4.78, 5) is 44.4. The van der Waals surface area contributed by atoms with Crippen LogP contribution < -0.4 is 29.6 Å². The van der Waals surface area contributed by atoms with Gasteiger partial charge in [0.2, 0.25) is 5.91 Å². The number of amides is 2. The molecule has 2 N–H and O–H groups in total. The Balaban J connectivity index is 0.748. The van der Waals surface area contributed by atoms with Crippen molar-refractivity contribution in [2.24, 2.45) is 0 Å². The van der Waals surface area contributed by atoms with E-state index in [9.17, 15) is 14.4 Å². The smallest absolute Gasteiger partial charge is 0.311 e. The zero-order valence-electron chi connectivity index (χ0n) is 46.5. The number of carbonyl (C=O) groups is 3. The third kappa shape index (κ3) is 17.7. The van der Waals surface area contributed by atoms with E-state index in [1.807, 2.05) is 91.9 Å². The Kier molecular flexibility index (Phi) is 23.8. The molecule has 16 heteroatoms. The predicted molar refractivity (Wildman–Crippen MR) is 317 cm³/mol. The molecule has 422 valence electrons. The first-order valence-corrected chi connectivity index (χ1v) is 28.9. The predicted octanol–water partition coefficient (Wildman–Crippen LogP) is 13.6. The summed E-state index contributed by atoms with van der Waals surface area (Å²) in [5.41, 5.74) is 7.65. The number of nitrogens with zero attached hydrogens (tertiary/aromatic N) is 4. The Morgan fingerprint density at radius 2 is 1.30 bits per heavy atom. The van der Waals surface area contributed by atoms with E-state index in [0.717, 1.165) is 104 Å². The lowest BCUT2D eigenvalue weighted by Crippen LogP contribution is -2.43. The highest BCUT2D eigenvalue weighted by atomic mass is 35.5. The second-order valence-corrected chi connectivity index (χ2v) is 21.7. The molecule has 2 amide bonds. The molecule has 0 spiro atoms. The summed E-state index contributed by atoms with van der Waals surface area (Å²) in [6.07, 6.45) is 14.7. The molecule has 1 aromatic heterocycles. The Morgan fingerprint density at radius 1 is 0.671 bits per heavy atom. The van der Waals surface area contributed by atoms with E-state index in [1.54, 1.807) is 44.2 Å². The van der Waals surface area contributed by atoms with Gasteiger partial charge in [-0.05, 0) is 142 Å². The fourth-order valence-electron chi connectivity index (χ4n) is 10.3. The van der Waals surface area contributed by atoms with Gasteiger partial charge in [-0.25, -0.2) is 4.68 Å². The maximum atomic E-state index is 13.4. The highest BCUT2D eigenvalue weighted by Gasteiger charge is 2.31. The van der Waals surface area contributed by atoms with Crippen LogP contribution in [0, 0.1) is 6.92 Å². The number of hydrogen-bond donors (Lipinski definition) is 2. The van der Waals surface area contributed by atoms with Crippen molar-refractivity contribution in [1.82, 2.24) is 30.2 Å². The van der Waals surface area contributed by atoms with Crippen LogP contribution in [-0.2, 0) is 29.0 Å². The molecule has 1 aliphatic rings. The standard InChI is InChI=1S/C63H77Cl3N6O7/c1-44-61(69-72(53-30-29-50(65)40-52(53)66)62(44)47-25-27-49(64)28-26-47)63(75)67-33-18-11-8-6-7-9-12-19-34-70(2)35-20-13-10-17-23-60(74)79-55-31-24-46(38-56(55)76-3)37-54-51-41-58(78-5)57(77-4)39-48(51)32-36-71(54)43-59(73)68-42-45-21-15-14-16-22-45/h14-16,21-22,24-31,38-41,54H,6-13,17-20,23,32-37,42-43H2,1-5H3,(H,67,75)(H,68,73). The highest BCUT2D eigenvalue weighted by Crippen LogP contribution is 2.41. The minimum absolute atomic E-state index is 0.0436. The van der Waals surface area contributed by atoms with E-state index in [4.69, 9.17) is 58.8 Å². The molecule has 1 atom stereocenters. The van der Waals surface area contributed by atoms with Gasteiger partial charge in [-0.3, -0.25) is 19.3 Å². The van der Waals surface area contributed by atoms with Crippen LogP contribution in [0.25, 0.3) is 16.9 Å². The minimum Gasteiger partial charge on any atom is -0.493 e. The number of halogens is 3. The summed E-state index contributed by atoms with van der Waals surface area (Å²) in [5, 5.41) is 12.5. The average molecular weight is 1140 g/mol. The molecule has 0 radical (unpaired) electrons.